The van der Waals surface area contributed by atoms with E-state index in [1.54, 1.807) is 0 Å². The van der Waals surface area contributed by atoms with Crippen LogP contribution in [0.3, 0.4) is 0 Å². The summed E-state index contributed by atoms with van der Waals surface area (Å²) < 4.78 is 0. The number of phenols is 1. The standard InChI is InChI=1S/C19H32O2/c1-8-14(20)10-9-13-11-15(18(2,3)4)17(21)16(12-13)19(5,6)7/h11-12,14,20-21H,8-10H2,1-7H3. The number of hydrogen-bond donors (Lipinski definition) is 2. The fourth-order valence-corrected chi connectivity index (χ4v) is 2.52. The summed E-state index contributed by atoms with van der Waals surface area (Å²) in [7, 11) is 0. The average Bonchev–Trinajstić information content (AvgIpc) is 2.34. The Bertz CT molecular complexity index is 440. The van der Waals surface area contributed by atoms with E-state index < -0.39 is 0 Å². The topological polar surface area (TPSA) is 40.5 Å². The van der Waals surface area contributed by atoms with Crippen LogP contribution in [0.4, 0.5) is 0 Å². The van der Waals surface area contributed by atoms with Gasteiger partial charge in [0.25, 0.3) is 0 Å². The Hall–Kier alpha value is -1.02. The fourth-order valence-electron chi connectivity index (χ4n) is 2.52. The van der Waals surface area contributed by atoms with Crippen molar-refractivity contribution in [3.05, 3.63) is 28.8 Å². The van der Waals surface area contributed by atoms with Gasteiger partial charge >= 0.3 is 0 Å². The van der Waals surface area contributed by atoms with E-state index in [1.165, 1.54) is 5.56 Å². The van der Waals surface area contributed by atoms with Crippen molar-refractivity contribution in [2.24, 2.45) is 0 Å². The molecule has 0 amide bonds. The number of aromatic hydroxyl groups is 1. The quantitative estimate of drug-likeness (QED) is 0.845. The van der Waals surface area contributed by atoms with E-state index in [9.17, 15) is 10.2 Å². The summed E-state index contributed by atoms with van der Waals surface area (Å²) in [6, 6.07) is 4.21. The summed E-state index contributed by atoms with van der Waals surface area (Å²) >= 11 is 0. The van der Waals surface area contributed by atoms with Crippen LogP contribution in [-0.4, -0.2) is 16.3 Å². The molecule has 0 aliphatic rings. The first-order valence-corrected chi connectivity index (χ1v) is 8.01. The lowest BCUT2D eigenvalue weighted by atomic mass is 9.78. The third kappa shape index (κ3) is 4.74. The third-order valence-corrected chi connectivity index (χ3v) is 4.02. The number of aliphatic hydroxyl groups excluding tert-OH is 1. The molecule has 0 radical (unpaired) electrons. The molecule has 0 aromatic heterocycles. The highest BCUT2D eigenvalue weighted by molar-refractivity contribution is 5.49. The maximum absolute atomic E-state index is 10.7. The number of rotatable bonds is 4. The molecule has 0 fully saturated rings. The summed E-state index contributed by atoms with van der Waals surface area (Å²) in [5.41, 5.74) is 3.01. The van der Waals surface area contributed by atoms with Crippen LogP contribution in [0.1, 0.15) is 78.0 Å². The number of benzene rings is 1. The van der Waals surface area contributed by atoms with Gasteiger partial charge in [0.2, 0.25) is 0 Å². The number of aliphatic hydroxyl groups is 1. The highest BCUT2D eigenvalue weighted by Gasteiger charge is 2.26. The van der Waals surface area contributed by atoms with Crippen molar-refractivity contribution >= 4 is 0 Å². The molecule has 0 aliphatic heterocycles. The van der Waals surface area contributed by atoms with Gasteiger partial charge in [0.1, 0.15) is 5.75 Å². The van der Waals surface area contributed by atoms with E-state index in [1.807, 2.05) is 6.92 Å². The van der Waals surface area contributed by atoms with Gasteiger partial charge in [-0.3, -0.25) is 0 Å². The predicted molar refractivity (Wildman–Crippen MR) is 90.1 cm³/mol. The third-order valence-electron chi connectivity index (χ3n) is 4.02. The molecule has 120 valence electrons. The zero-order chi connectivity index (χ0) is 16.4. The molecule has 0 saturated carbocycles. The molecule has 0 bridgehead atoms. The number of phenolic OH excluding ortho intramolecular Hbond substituents is 1. The molecule has 0 heterocycles. The lowest BCUT2D eigenvalue weighted by molar-refractivity contribution is 0.160. The molecule has 1 unspecified atom stereocenters. The maximum Gasteiger partial charge on any atom is 0.123 e. The van der Waals surface area contributed by atoms with Gasteiger partial charge in [0.15, 0.2) is 0 Å². The molecule has 0 saturated heterocycles. The van der Waals surface area contributed by atoms with Crippen molar-refractivity contribution in [1.82, 2.24) is 0 Å². The average molecular weight is 292 g/mol. The first-order valence-electron chi connectivity index (χ1n) is 8.01. The summed E-state index contributed by atoms with van der Waals surface area (Å²) in [4.78, 5) is 0. The Morgan fingerprint density at radius 3 is 1.71 bits per heavy atom. The maximum atomic E-state index is 10.7. The van der Waals surface area contributed by atoms with Crippen LogP contribution >= 0.6 is 0 Å². The van der Waals surface area contributed by atoms with E-state index >= 15 is 0 Å². The van der Waals surface area contributed by atoms with Crippen molar-refractivity contribution in [2.75, 3.05) is 0 Å². The summed E-state index contributed by atoms with van der Waals surface area (Å²) in [6.45, 7) is 14.7. The molecular weight excluding hydrogens is 260 g/mol. The molecule has 2 heteroatoms. The highest BCUT2D eigenvalue weighted by atomic mass is 16.3. The molecule has 1 aromatic carbocycles. The van der Waals surface area contributed by atoms with Gasteiger partial charge in [-0.05, 0) is 46.8 Å². The van der Waals surface area contributed by atoms with E-state index in [4.69, 9.17) is 0 Å². The molecule has 0 spiro atoms. The Morgan fingerprint density at radius 1 is 0.952 bits per heavy atom. The van der Waals surface area contributed by atoms with Gasteiger partial charge in [0.05, 0.1) is 6.10 Å². The minimum Gasteiger partial charge on any atom is -0.507 e. The van der Waals surface area contributed by atoms with Crippen LogP contribution in [0.15, 0.2) is 12.1 Å². The fraction of sp³-hybridized carbons (Fsp3) is 0.684. The van der Waals surface area contributed by atoms with Crippen molar-refractivity contribution in [2.45, 2.75) is 84.7 Å². The Labute approximate surface area is 130 Å². The minimum atomic E-state index is -0.241. The van der Waals surface area contributed by atoms with Crippen molar-refractivity contribution in [3.8, 4) is 5.75 Å². The second-order valence-electron chi connectivity index (χ2n) is 8.14. The van der Waals surface area contributed by atoms with Crippen molar-refractivity contribution in [3.63, 3.8) is 0 Å². The summed E-state index contributed by atoms with van der Waals surface area (Å²) in [5, 5.41) is 20.4. The molecule has 0 aliphatic carbocycles. The van der Waals surface area contributed by atoms with Crippen molar-refractivity contribution < 1.29 is 10.2 Å². The van der Waals surface area contributed by atoms with Gasteiger partial charge < -0.3 is 10.2 Å². The summed E-state index contributed by atoms with van der Waals surface area (Å²) in [5.74, 6) is 0.426. The van der Waals surface area contributed by atoms with Crippen LogP contribution in [0, 0.1) is 0 Å². The number of aryl methyl sites for hydroxylation is 1. The van der Waals surface area contributed by atoms with Gasteiger partial charge in [-0.25, -0.2) is 0 Å². The van der Waals surface area contributed by atoms with Crippen LogP contribution in [0.2, 0.25) is 0 Å². The van der Waals surface area contributed by atoms with E-state index in [0.717, 1.165) is 30.4 Å². The van der Waals surface area contributed by atoms with Crippen LogP contribution in [0.5, 0.6) is 5.75 Å². The van der Waals surface area contributed by atoms with Crippen LogP contribution < -0.4 is 0 Å². The molecule has 1 rings (SSSR count). The van der Waals surface area contributed by atoms with Gasteiger partial charge in [-0.2, -0.15) is 0 Å². The van der Waals surface area contributed by atoms with Gasteiger partial charge in [-0.1, -0.05) is 60.6 Å². The lowest BCUT2D eigenvalue weighted by Gasteiger charge is -2.28. The molecule has 2 N–H and O–H groups in total. The molecule has 21 heavy (non-hydrogen) atoms. The second-order valence-corrected chi connectivity index (χ2v) is 8.14. The first-order chi connectivity index (χ1) is 9.46. The first kappa shape index (κ1) is 18.0. The Morgan fingerprint density at radius 2 is 1.38 bits per heavy atom. The Kier molecular flexibility index (Phi) is 5.49. The SMILES string of the molecule is CCC(O)CCc1cc(C(C)(C)C)c(O)c(C(C)(C)C)c1. The highest BCUT2D eigenvalue weighted by Crippen LogP contribution is 2.40. The molecule has 1 atom stereocenters. The minimum absolute atomic E-state index is 0.0938. The molecule has 1 aromatic rings. The van der Waals surface area contributed by atoms with Crippen molar-refractivity contribution in [1.29, 1.82) is 0 Å². The second kappa shape index (κ2) is 6.39. The van der Waals surface area contributed by atoms with E-state index in [-0.39, 0.29) is 16.9 Å². The molecular formula is C19H32O2. The monoisotopic (exact) mass is 292 g/mol. The normalized spacial score (nSPS) is 14.3. The number of hydrogen-bond acceptors (Lipinski definition) is 2. The zero-order valence-electron chi connectivity index (χ0n) is 14.7. The zero-order valence-corrected chi connectivity index (χ0v) is 14.7. The van der Waals surface area contributed by atoms with E-state index in [2.05, 4.69) is 53.7 Å². The van der Waals surface area contributed by atoms with Gasteiger partial charge in [-0.15, -0.1) is 0 Å². The Balaban J connectivity index is 3.27. The van der Waals surface area contributed by atoms with E-state index in [0.29, 0.717) is 5.75 Å². The largest absolute Gasteiger partial charge is 0.507 e. The van der Waals surface area contributed by atoms with Gasteiger partial charge in [0, 0.05) is 0 Å². The smallest absolute Gasteiger partial charge is 0.123 e. The van der Waals surface area contributed by atoms with Crippen LogP contribution in [-0.2, 0) is 17.3 Å². The van der Waals surface area contributed by atoms with Crippen LogP contribution in [0.25, 0.3) is 0 Å². The molecule has 2 nitrogen and oxygen atoms in total. The lowest BCUT2D eigenvalue weighted by Crippen LogP contribution is -2.18. The predicted octanol–water partition coefficient (Wildman–Crippen LogP) is 4.69. The summed E-state index contributed by atoms with van der Waals surface area (Å²) in [6.07, 6.45) is 2.17.